The van der Waals surface area contributed by atoms with Gasteiger partial charge in [-0.15, -0.1) is 0 Å². The van der Waals surface area contributed by atoms with E-state index in [1.165, 1.54) is 0 Å². The number of rotatable bonds is 22. The highest BCUT2D eigenvalue weighted by Crippen LogP contribution is 2.27. The molecule has 0 aliphatic rings. The average molecular weight is 585 g/mol. The van der Waals surface area contributed by atoms with E-state index >= 15 is 0 Å². The van der Waals surface area contributed by atoms with E-state index in [4.69, 9.17) is 0 Å². The van der Waals surface area contributed by atoms with E-state index in [9.17, 15) is 0 Å². The summed E-state index contributed by atoms with van der Waals surface area (Å²) in [6.07, 6.45) is 5.13. The smallest absolute Gasteiger partial charge is 0.0673 e. The van der Waals surface area contributed by atoms with Crippen molar-refractivity contribution in [3.8, 4) is 0 Å². The van der Waals surface area contributed by atoms with Gasteiger partial charge in [-0.25, -0.2) is 0 Å². The molecular weight excluding hydrogens is 512 g/mol. The minimum Gasteiger partial charge on any atom is -0.384 e. The molecule has 0 fully saturated rings. The van der Waals surface area contributed by atoms with Crippen LogP contribution in [-0.4, -0.2) is 24.2 Å². The van der Waals surface area contributed by atoms with Crippen LogP contribution in [0.2, 0.25) is 0 Å². The van der Waals surface area contributed by atoms with Gasteiger partial charge in [0.1, 0.15) is 0 Å². The predicted octanol–water partition coefficient (Wildman–Crippen LogP) is 9.71. The van der Waals surface area contributed by atoms with Crippen molar-refractivity contribution in [1.82, 2.24) is 21.3 Å². The van der Waals surface area contributed by atoms with Crippen molar-refractivity contribution in [2.45, 2.75) is 146 Å². The third kappa shape index (κ3) is 15.4. The molecule has 4 heteroatoms. The van der Waals surface area contributed by atoms with Crippen LogP contribution in [0.4, 0.5) is 0 Å². The Morgan fingerprint density at radius 3 is 1.64 bits per heavy atom. The predicted molar refractivity (Wildman–Crippen MR) is 190 cm³/mol. The van der Waals surface area contributed by atoms with Crippen molar-refractivity contribution < 1.29 is 0 Å². The zero-order valence-electron chi connectivity index (χ0n) is 30.3. The van der Waals surface area contributed by atoms with E-state index in [0.717, 1.165) is 60.5 Å². The van der Waals surface area contributed by atoms with Crippen molar-refractivity contribution in [3.05, 3.63) is 61.3 Å². The number of allylic oxidation sites excluding steroid dienone is 2. The van der Waals surface area contributed by atoms with Gasteiger partial charge in [0, 0.05) is 34.9 Å². The highest BCUT2D eigenvalue weighted by Gasteiger charge is 2.27. The molecule has 0 bridgehead atoms. The van der Waals surface area contributed by atoms with Crippen molar-refractivity contribution in [2.24, 2.45) is 35.0 Å². The summed E-state index contributed by atoms with van der Waals surface area (Å²) in [7, 11) is 0. The van der Waals surface area contributed by atoms with Crippen LogP contribution in [0.25, 0.3) is 0 Å². The Morgan fingerprint density at radius 1 is 0.667 bits per heavy atom. The van der Waals surface area contributed by atoms with Gasteiger partial charge in [0.2, 0.25) is 0 Å². The second kappa shape index (κ2) is 18.5. The fourth-order valence-electron chi connectivity index (χ4n) is 5.85. The van der Waals surface area contributed by atoms with Crippen molar-refractivity contribution in [3.63, 3.8) is 0 Å². The SMILES string of the molecule is C=C(CC(C)(C)C)N[C@H](C(=C)NC(CCC)C(=C)N[C@@H](CC(C)C)C(C)CC(C)C(=C)N[C@H](C(=C)C)C(C)C)C(C)C. The van der Waals surface area contributed by atoms with Crippen LogP contribution < -0.4 is 21.3 Å². The van der Waals surface area contributed by atoms with E-state index in [-0.39, 0.29) is 23.5 Å². The molecule has 42 heavy (non-hydrogen) atoms. The van der Waals surface area contributed by atoms with Gasteiger partial charge in [-0.3, -0.25) is 0 Å². The Kier molecular flexibility index (Phi) is 17.6. The molecule has 0 radical (unpaired) electrons. The summed E-state index contributed by atoms with van der Waals surface area (Å²) in [4.78, 5) is 0. The van der Waals surface area contributed by atoms with Crippen molar-refractivity contribution in [2.75, 3.05) is 0 Å². The molecule has 0 rings (SSSR count). The average Bonchev–Trinajstić information content (AvgIpc) is 2.82. The molecule has 244 valence electrons. The second-order valence-corrected chi connectivity index (χ2v) is 15.5. The lowest BCUT2D eigenvalue weighted by atomic mass is 9.85. The summed E-state index contributed by atoms with van der Waals surface area (Å²) in [6, 6.07) is 0.795. The molecule has 0 saturated carbocycles. The highest BCUT2D eigenvalue weighted by atomic mass is 15.1. The Labute approximate surface area is 263 Å². The highest BCUT2D eigenvalue weighted by molar-refractivity contribution is 5.16. The molecular formula is C38H72N4. The molecule has 0 heterocycles. The van der Waals surface area contributed by atoms with Gasteiger partial charge in [-0.2, -0.15) is 0 Å². The third-order valence-electron chi connectivity index (χ3n) is 8.14. The van der Waals surface area contributed by atoms with E-state index in [0.29, 0.717) is 35.6 Å². The molecule has 0 aromatic rings. The van der Waals surface area contributed by atoms with Gasteiger partial charge in [-0.05, 0) is 67.6 Å². The zero-order chi connectivity index (χ0) is 32.9. The topological polar surface area (TPSA) is 48.1 Å². The summed E-state index contributed by atoms with van der Waals surface area (Å²) in [6.45, 7) is 51.3. The monoisotopic (exact) mass is 585 g/mol. The standard InChI is InChI=1S/C38H72N4/c1-19-20-34(41-33(15)37(27(8)9)39-30(12)23-38(16,17)18)32(14)40-35(21-24(2)3)29(11)22-28(10)31(13)42-36(25(4)5)26(6)7/h24,26-29,34-37,39-42H,4,12-15,19-23H2,1-3,5-11,16-18H3/t28?,29?,34?,35-,36+,37-/m0/s1. The van der Waals surface area contributed by atoms with E-state index < -0.39 is 0 Å². The molecule has 0 aromatic carbocycles. The summed E-state index contributed by atoms with van der Waals surface area (Å²) in [5.41, 5.74) is 5.57. The Bertz CT molecular complexity index is 872. The molecule has 6 atom stereocenters. The van der Waals surface area contributed by atoms with E-state index in [2.05, 4.69) is 144 Å². The Balaban J connectivity index is 5.63. The largest absolute Gasteiger partial charge is 0.384 e. The molecule has 0 aliphatic heterocycles. The van der Waals surface area contributed by atoms with Gasteiger partial charge in [0.25, 0.3) is 0 Å². The van der Waals surface area contributed by atoms with E-state index in [1.54, 1.807) is 0 Å². The fraction of sp³-hybridized carbons (Fsp3) is 0.737. The van der Waals surface area contributed by atoms with Crippen LogP contribution in [0.3, 0.4) is 0 Å². The lowest BCUT2D eigenvalue weighted by Gasteiger charge is -2.36. The number of hydrogen-bond donors (Lipinski definition) is 4. The van der Waals surface area contributed by atoms with Gasteiger partial charge in [0.15, 0.2) is 0 Å². The maximum Gasteiger partial charge on any atom is 0.0673 e. The first-order valence-electron chi connectivity index (χ1n) is 16.7. The van der Waals surface area contributed by atoms with Crippen molar-refractivity contribution in [1.29, 1.82) is 0 Å². The molecule has 3 unspecified atom stereocenters. The van der Waals surface area contributed by atoms with Crippen LogP contribution in [-0.2, 0) is 0 Å². The Hall–Kier alpha value is -2.10. The van der Waals surface area contributed by atoms with Crippen LogP contribution >= 0.6 is 0 Å². The Morgan fingerprint density at radius 2 is 1.21 bits per heavy atom. The van der Waals surface area contributed by atoms with Gasteiger partial charge in [-0.1, -0.05) is 128 Å². The quantitative estimate of drug-likeness (QED) is 0.0957. The van der Waals surface area contributed by atoms with Gasteiger partial charge < -0.3 is 21.3 Å². The van der Waals surface area contributed by atoms with Crippen LogP contribution in [0, 0.1) is 35.0 Å². The maximum absolute atomic E-state index is 4.57. The molecule has 0 aliphatic carbocycles. The minimum atomic E-state index is 0.102. The molecule has 0 amide bonds. The first-order chi connectivity index (χ1) is 19.2. The van der Waals surface area contributed by atoms with Gasteiger partial charge >= 0.3 is 0 Å². The van der Waals surface area contributed by atoms with Crippen LogP contribution in [0.5, 0.6) is 0 Å². The first kappa shape index (κ1) is 39.9. The van der Waals surface area contributed by atoms with Gasteiger partial charge in [0.05, 0.1) is 12.1 Å². The summed E-state index contributed by atoms with van der Waals surface area (Å²) in [5.74, 6) is 2.24. The molecule has 0 spiro atoms. The zero-order valence-corrected chi connectivity index (χ0v) is 30.3. The van der Waals surface area contributed by atoms with E-state index in [1.807, 2.05) is 0 Å². The minimum absolute atomic E-state index is 0.102. The number of hydrogen-bond acceptors (Lipinski definition) is 4. The molecule has 4 nitrogen and oxygen atoms in total. The second-order valence-electron chi connectivity index (χ2n) is 15.5. The third-order valence-corrected chi connectivity index (χ3v) is 8.14. The fourth-order valence-corrected chi connectivity index (χ4v) is 5.85. The summed E-state index contributed by atoms with van der Waals surface area (Å²) in [5, 5.41) is 15.0. The van der Waals surface area contributed by atoms with Crippen LogP contribution in [0.1, 0.15) is 122 Å². The molecule has 4 N–H and O–H groups in total. The lowest BCUT2D eigenvalue weighted by Crippen LogP contribution is -2.47. The molecule has 0 aromatic heterocycles. The van der Waals surface area contributed by atoms with Crippen molar-refractivity contribution >= 4 is 0 Å². The number of nitrogens with one attached hydrogen (secondary N) is 4. The lowest BCUT2D eigenvalue weighted by molar-refractivity contribution is 0.291. The van der Waals surface area contributed by atoms with Crippen LogP contribution in [0.15, 0.2) is 61.3 Å². The first-order valence-corrected chi connectivity index (χ1v) is 16.7. The summed E-state index contributed by atoms with van der Waals surface area (Å²) < 4.78 is 0. The normalized spacial score (nSPS) is 16.3. The molecule has 0 saturated heterocycles. The summed E-state index contributed by atoms with van der Waals surface area (Å²) >= 11 is 0. The maximum atomic E-state index is 4.57.